The molecule has 0 fully saturated rings. The Kier molecular flexibility index (Phi) is 6.17. The molecule has 3 rings (SSSR count). The Hall–Kier alpha value is -2.21. The van der Waals surface area contributed by atoms with Gasteiger partial charge in [-0.1, -0.05) is 13.0 Å². The van der Waals surface area contributed by atoms with Crippen LogP contribution in [0, 0.1) is 5.92 Å². The first-order chi connectivity index (χ1) is 12.2. The molecule has 1 aliphatic rings. The maximum atomic E-state index is 5.74. The zero-order chi connectivity index (χ0) is 17.5. The highest BCUT2D eigenvalue weighted by Crippen LogP contribution is 2.32. The number of benzene rings is 1. The Morgan fingerprint density at radius 3 is 2.84 bits per heavy atom. The summed E-state index contributed by atoms with van der Waals surface area (Å²) in [5.74, 6) is 2.87. The Balaban J connectivity index is 1.54. The Morgan fingerprint density at radius 2 is 2.08 bits per heavy atom. The molecule has 0 spiro atoms. The van der Waals surface area contributed by atoms with E-state index in [4.69, 9.17) is 9.47 Å². The van der Waals surface area contributed by atoms with Gasteiger partial charge in [0.1, 0.15) is 0 Å². The highest BCUT2D eigenvalue weighted by Gasteiger charge is 2.12. The lowest BCUT2D eigenvalue weighted by molar-refractivity contribution is 0.297. The van der Waals surface area contributed by atoms with E-state index in [2.05, 4.69) is 40.1 Å². The lowest BCUT2D eigenvalue weighted by Crippen LogP contribution is -2.34. The van der Waals surface area contributed by atoms with Crippen LogP contribution in [0.15, 0.2) is 40.7 Å². The highest BCUT2D eigenvalue weighted by molar-refractivity contribution is 7.09. The number of ether oxygens (including phenoxy) is 2. The number of hydrogen-bond acceptors (Lipinski definition) is 4. The normalized spacial score (nSPS) is 15.4. The maximum absolute atomic E-state index is 5.74. The molecule has 0 aliphatic carbocycles. The molecule has 2 heterocycles. The van der Waals surface area contributed by atoms with E-state index in [0.717, 1.165) is 42.5 Å². The van der Waals surface area contributed by atoms with Crippen molar-refractivity contribution < 1.29 is 9.47 Å². The van der Waals surface area contributed by atoms with E-state index in [-0.39, 0.29) is 0 Å². The molecule has 5 nitrogen and oxygen atoms in total. The summed E-state index contributed by atoms with van der Waals surface area (Å²) >= 11 is 1.81. The zero-order valence-corrected chi connectivity index (χ0v) is 15.6. The Morgan fingerprint density at radius 1 is 1.24 bits per heavy atom. The third-order valence-electron chi connectivity index (χ3n) is 3.98. The molecule has 0 saturated heterocycles. The third kappa shape index (κ3) is 5.13. The van der Waals surface area contributed by atoms with Crippen molar-refractivity contribution in [3.05, 3.63) is 40.6 Å². The van der Waals surface area contributed by atoms with Gasteiger partial charge in [-0.25, -0.2) is 0 Å². The second kappa shape index (κ2) is 8.76. The van der Waals surface area contributed by atoms with E-state index in [1.54, 1.807) is 7.05 Å². The van der Waals surface area contributed by atoms with Crippen molar-refractivity contribution >= 4 is 23.0 Å². The summed E-state index contributed by atoms with van der Waals surface area (Å²) in [6.45, 7) is 4.49. The molecule has 2 N–H and O–H groups in total. The molecule has 0 radical (unpaired) electrons. The van der Waals surface area contributed by atoms with Gasteiger partial charge in [0, 0.05) is 36.6 Å². The van der Waals surface area contributed by atoms with Gasteiger partial charge in [0.25, 0.3) is 0 Å². The molecule has 1 unspecified atom stereocenters. The minimum atomic E-state index is 0.529. The van der Waals surface area contributed by atoms with E-state index >= 15 is 0 Å². The van der Waals surface area contributed by atoms with Crippen molar-refractivity contribution in [2.45, 2.75) is 19.8 Å². The Bertz CT molecular complexity index is 701. The fraction of sp³-hybridized carbons (Fsp3) is 0.421. The number of thiophene rings is 1. The zero-order valence-electron chi connectivity index (χ0n) is 14.7. The average molecular weight is 359 g/mol. The number of nitrogens with zero attached hydrogens (tertiary/aromatic N) is 1. The van der Waals surface area contributed by atoms with Gasteiger partial charge in [-0.2, -0.15) is 0 Å². The van der Waals surface area contributed by atoms with Gasteiger partial charge >= 0.3 is 0 Å². The van der Waals surface area contributed by atoms with E-state index in [1.165, 1.54) is 4.88 Å². The molecule has 0 saturated carbocycles. The second-order valence-corrected chi connectivity index (χ2v) is 7.21. The Labute approximate surface area is 153 Å². The van der Waals surface area contributed by atoms with Gasteiger partial charge in [0.2, 0.25) is 0 Å². The molecule has 1 aromatic carbocycles. The van der Waals surface area contributed by atoms with Gasteiger partial charge in [-0.3, -0.25) is 4.99 Å². The van der Waals surface area contributed by atoms with Crippen LogP contribution < -0.4 is 20.1 Å². The van der Waals surface area contributed by atoms with Gasteiger partial charge < -0.3 is 20.1 Å². The predicted octanol–water partition coefficient (Wildman–Crippen LogP) is 3.78. The largest absolute Gasteiger partial charge is 0.490 e. The van der Waals surface area contributed by atoms with E-state index < -0.39 is 0 Å². The van der Waals surface area contributed by atoms with Gasteiger partial charge in [0.05, 0.1) is 13.2 Å². The number of rotatable bonds is 5. The van der Waals surface area contributed by atoms with Crippen LogP contribution in [0.25, 0.3) is 0 Å². The third-order valence-corrected chi connectivity index (χ3v) is 4.88. The summed E-state index contributed by atoms with van der Waals surface area (Å²) in [5, 5.41) is 8.84. The van der Waals surface area contributed by atoms with Crippen LogP contribution in [0.1, 0.15) is 18.2 Å². The van der Waals surface area contributed by atoms with Gasteiger partial charge in [0.15, 0.2) is 17.5 Å². The first-order valence-electron chi connectivity index (χ1n) is 8.64. The average Bonchev–Trinajstić information content (AvgIpc) is 3.01. The number of nitrogens with one attached hydrogen (secondary N) is 2. The number of aliphatic imine (C=N–C) groups is 1. The summed E-state index contributed by atoms with van der Waals surface area (Å²) in [7, 11) is 1.78. The first kappa shape index (κ1) is 17.6. The fourth-order valence-electron chi connectivity index (χ4n) is 2.67. The molecule has 134 valence electrons. The molecule has 1 aliphatic heterocycles. The minimum absolute atomic E-state index is 0.529. The van der Waals surface area contributed by atoms with Crippen LogP contribution in [-0.4, -0.2) is 32.8 Å². The van der Waals surface area contributed by atoms with Crippen molar-refractivity contribution in [1.82, 2.24) is 5.32 Å². The molecule has 1 aromatic heterocycles. The summed E-state index contributed by atoms with van der Waals surface area (Å²) < 4.78 is 11.4. The van der Waals surface area contributed by atoms with Gasteiger partial charge in [-0.15, -0.1) is 11.3 Å². The number of fused-ring (bicyclic) bond motifs is 1. The van der Waals surface area contributed by atoms with Crippen LogP contribution in [0.4, 0.5) is 5.69 Å². The maximum Gasteiger partial charge on any atom is 0.195 e. The van der Waals surface area contributed by atoms with Crippen molar-refractivity contribution in [1.29, 1.82) is 0 Å². The molecule has 2 aromatic rings. The molecular weight excluding hydrogens is 334 g/mol. The van der Waals surface area contributed by atoms with E-state index in [0.29, 0.717) is 19.1 Å². The molecule has 0 amide bonds. The summed E-state index contributed by atoms with van der Waals surface area (Å²) in [6.07, 6.45) is 1.98. The van der Waals surface area contributed by atoms with E-state index in [1.807, 2.05) is 29.5 Å². The molecule has 1 atom stereocenters. The summed E-state index contributed by atoms with van der Waals surface area (Å²) in [6, 6.07) is 10.2. The predicted molar refractivity (Wildman–Crippen MR) is 104 cm³/mol. The molecule has 0 bridgehead atoms. The van der Waals surface area contributed by atoms with Crippen LogP contribution >= 0.6 is 11.3 Å². The quantitative estimate of drug-likeness (QED) is 0.630. The fourth-order valence-corrected chi connectivity index (χ4v) is 3.54. The summed E-state index contributed by atoms with van der Waals surface area (Å²) in [5.41, 5.74) is 0.934. The number of guanidine groups is 1. The molecule has 25 heavy (non-hydrogen) atoms. The highest BCUT2D eigenvalue weighted by atomic mass is 32.1. The molecular formula is C19H25N3O2S. The monoisotopic (exact) mass is 359 g/mol. The van der Waals surface area contributed by atoms with Crippen LogP contribution in [0.5, 0.6) is 11.5 Å². The lowest BCUT2D eigenvalue weighted by atomic mass is 10.1. The van der Waals surface area contributed by atoms with Crippen molar-refractivity contribution in [2.24, 2.45) is 10.9 Å². The standard InChI is InChI=1S/C19H25N3O2S/c1-14(11-16-5-3-10-25-16)13-21-19(20-2)22-15-6-7-17-18(12-15)24-9-4-8-23-17/h3,5-7,10,12,14H,4,8-9,11,13H2,1-2H3,(H2,20,21,22). The van der Waals surface area contributed by atoms with Gasteiger partial charge in [-0.05, 0) is 35.9 Å². The van der Waals surface area contributed by atoms with Crippen LogP contribution in [-0.2, 0) is 6.42 Å². The van der Waals surface area contributed by atoms with Crippen molar-refractivity contribution in [3.63, 3.8) is 0 Å². The minimum Gasteiger partial charge on any atom is -0.490 e. The van der Waals surface area contributed by atoms with Crippen LogP contribution in [0.3, 0.4) is 0 Å². The summed E-state index contributed by atoms with van der Waals surface area (Å²) in [4.78, 5) is 5.72. The number of anilines is 1. The smallest absolute Gasteiger partial charge is 0.195 e. The first-order valence-corrected chi connectivity index (χ1v) is 9.52. The van der Waals surface area contributed by atoms with E-state index in [9.17, 15) is 0 Å². The lowest BCUT2D eigenvalue weighted by Gasteiger charge is -2.16. The van der Waals surface area contributed by atoms with Crippen LogP contribution in [0.2, 0.25) is 0 Å². The van der Waals surface area contributed by atoms with Crippen molar-refractivity contribution in [3.8, 4) is 11.5 Å². The number of hydrogen-bond donors (Lipinski definition) is 2. The molecule has 6 heteroatoms. The topological polar surface area (TPSA) is 54.9 Å². The van der Waals surface area contributed by atoms with Crippen molar-refractivity contribution in [2.75, 3.05) is 32.1 Å². The SMILES string of the molecule is CN=C(NCC(C)Cc1cccs1)Nc1ccc2c(c1)OCCCO2. The second-order valence-electron chi connectivity index (χ2n) is 6.18.